The number of carbonyl (C=O) groups is 1. The lowest BCUT2D eigenvalue weighted by Gasteiger charge is -2.06. The van der Waals surface area contributed by atoms with Gasteiger partial charge < -0.3 is 11.1 Å². The molecule has 1 heterocycles. The Morgan fingerprint density at radius 3 is 2.75 bits per heavy atom. The zero-order valence-corrected chi connectivity index (χ0v) is 11.7. The molecular formula is C12H10ClN3O3S. The van der Waals surface area contributed by atoms with E-state index in [1.165, 1.54) is 29.5 Å². The second-order valence-electron chi connectivity index (χ2n) is 3.88. The van der Waals surface area contributed by atoms with E-state index in [0.29, 0.717) is 10.9 Å². The number of carbonyl (C=O) groups excluding carboxylic acids is 1. The number of halogens is 1. The lowest BCUT2D eigenvalue weighted by atomic mass is 10.1. The predicted molar refractivity (Wildman–Crippen MR) is 78.0 cm³/mol. The number of nitrogen functional groups attached to an aromatic ring is 1. The summed E-state index contributed by atoms with van der Waals surface area (Å²) in [6, 6.07) is 7.65. The first-order valence-corrected chi connectivity index (χ1v) is 6.74. The van der Waals surface area contributed by atoms with Crippen molar-refractivity contribution < 1.29 is 9.72 Å². The fourth-order valence-electron chi connectivity index (χ4n) is 1.62. The van der Waals surface area contributed by atoms with Crippen molar-refractivity contribution >= 4 is 40.2 Å². The largest absolute Gasteiger partial charge is 0.393 e. The van der Waals surface area contributed by atoms with Crippen molar-refractivity contribution in [3.05, 3.63) is 55.2 Å². The van der Waals surface area contributed by atoms with Crippen molar-refractivity contribution in [3.63, 3.8) is 0 Å². The van der Waals surface area contributed by atoms with E-state index in [1.807, 2.05) is 0 Å². The van der Waals surface area contributed by atoms with Crippen LogP contribution in [0.5, 0.6) is 0 Å². The molecule has 0 saturated carbocycles. The topological polar surface area (TPSA) is 98.3 Å². The zero-order chi connectivity index (χ0) is 14.7. The zero-order valence-electron chi connectivity index (χ0n) is 10.1. The number of hydrogen-bond donors (Lipinski definition) is 2. The van der Waals surface area contributed by atoms with Gasteiger partial charge in [-0.2, -0.15) is 0 Å². The summed E-state index contributed by atoms with van der Waals surface area (Å²) in [7, 11) is 0. The van der Waals surface area contributed by atoms with Gasteiger partial charge in [-0.05, 0) is 18.2 Å². The maximum absolute atomic E-state index is 12.0. The number of thiophene rings is 1. The number of nitrogens with two attached hydrogens (primary N) is 1. The minimum absolute atomic E-state index is 0.0850. The molecule has 0 saturated heterocycles. The third kappa shape index (κ3) is 3.06. The first-order chi connectivity index (χ1) is 9.49. The molecule has 2 rings (SSSR count). The van der Waals surface area contributed by atoms with Crippen LogP contribution in [0.2, 0.25) is 4.34 Å². The Kier molecular flexibility index (Phi) is 4.21. The lowest BCUT2D eigenvalue weighted by molar-refractivity contribution is -0.383. The molecule has 6 nitrogen and oxygen atoms in total. The van der Waals surface area contributed by atoms with Gasteiger partial charge in [-0.3, -0.25) is 14.9 Å². The van der Waals surface area contributed by atoms with Crippen molar-refractivity contribution in [2.45, 2.75) is 6.54 Å². The molecule has 3 N–H and O–H groups in total. The first kappa shape index (κ1) is 14.3. The molecule has 1 aromatic heterocycles. The van der Waals surface area contributed by atoms with Gasteiger partial charge in [-0.15, -0.1) is 11.3 Å². The van der Waals surface area contributed by atoms with Crippen molar-refractivity contribution in [2.24, 2.45) is 0 Å². The molecule has 1 aromatic carbocycles. The Labute approximate surface area is 123 Å². The average molecular weight is 312 g/mol. The van der Waals surface area contributed by atoms with Gasteiger partial charge in [0.1, 0.15) is 5.69 Å². The number of benzene rings is 1. The molecule has 2 aromatic rings. The summed E-state index contributed by atoms with van der Waals surface area (Å²) in [5.41, 5.74) is 5.30. The maximum atomic E-state index is 12.0. The Bertz CT molecular complexity index is 672. The highest BCUT2D eigenvalue weighted by molar-refractivity contribution is 7.16. The summed E-state index contributed by atoms with van der Waals surface area (Å²) in [6.45, 7) is 0.290. The van der Waals surface area contributed by atoms with Crippen LogP contribution < -0.4 is 11.1 Å². The molecule has 0 unspecified atom stereocenters. The molecular weight excluding hydrogens is 302 g/mol. The third-order valence-corrected chi connectivity index (χ3v) is 3.81. The van der Waals surface area contributed by atoms with Crippen LogP contribution in [0, 0.1) is 10.1 Å². The van der Waals surface area contributed by atoms with Crippen molar-refractivity contribution in [2.75, 3.05) is 5.73 Å². The van der Waals surface area contributed by atoms with Gasteiger partial charge in [0.2, 0.25) is 0 Å². The lowest BCUT2D eigenvalue weighted by Crippen LogP contribution is -2.23. The van der Waals surface area contributed by atoms with Crippen LogP contribution in [0.4, 0.5) is 11.4 Å². The minimum atomic E-state index is -0.620. The summed E-state index contributed by atoms with van der Waals surface area (Å²) < 4.78 is 0.629. The summed E-state index contributed by atoms with van der Waals surface area (Å²) >= 11 is 7.13. The number of anilines is 1. The third-order valence-electron chi connectivity index (χ3n) is 2.58. The van der Waals surface area contributed by atoms with E-state index in [-0.39, 0.29) is 16.9 Å². The number of nitrogens with zero attached hydrogens (tertiary/aromatic N) is 1. The SMILES string of the molecule is Nc1c(C(=O)NCc2ccc(Cl)s2)cccc1[N+](=O)[O-]. The van der Waals surface area contributed by atoms with Crippen molar-refractivity contribution in [1.82, 2.24) is 5.32 Å². The van der Waals surface area contributed by atoms with Gasteiger partial charge >= 0.3 is 0 Å². The highest BCUT2D eigenvalue weighted by atomic mass is 35.5. The van der Waals surface area contributed by atoms with Gasteiger partial charge in [0, 0.05) is 10.9 Å². The molecule has 0 spiro atoms. The smallest absolute Gasteiger partial charge is 0.292 e. The van der Waals surface area contributed by atoms with Crippen LogP contribution in [-0.4, -0.2) is 10.8 Å². The molecule has 0 fully saturated rings. The average Bonchev–Trinajstić information content (AvgIpc) is 2.81. The number of nitro benzene ring substituents is 1. The highest BCUT2D eigenvalue weighted by Gasteiger charge is 2.18. The standard InChI is InChI=1S/C12H10ClN3O3S/c13-10-5-4-7(20-10)6-15-12(17)8-2-1-3-9(11(8)14)16(18)19/h1-5H,6,14H2,(H,15,17). The number of nitrogens with one attached hydrogen (secondary N) is 1. The number of amides is 1. The quantitative estimate of drug-likeness (QED) is 0.515. The maximum Gasteiger partial charge on any atom is 0.292 e. The number of hydrogen-bond acceptors (Lipinski definition) is 5. The fourth-order valence-corrected chi connectivity index (χ4v) is 2.65. The van der Waals surface area contributed by atoms with E-state index < -0.39 is 10.8 Å². The van der Waals surface area contributed by atoms with Crippen LogP contribution in [0.15, 0.2) is 30.3 Å². The molecule has 8 heteroatoms. The number of rotatable bonds is 4. The second-order valence-corrected chi connectivity index (χ2v) is 5.68. The summed E-state index contributed by atoms with van der Waals surface area (Å²) in [5.74, 6) is -0.462. The van der Waals surface area contributed by atoms with Crippen LogP contribution in [-0.2, 0) is 6.54 Å². The molecule has 0 atom stereocenters. The molecule has 0 aliphatic heterocycles. The number of nitro groups is 1. The van der Waals surface area contributed by atoms with E-state index in [4.69, 9.17) is 17.3 Å². The molecule has 0 bridgehead atoms. The Morgan fingerprint density at radius 1 is 1.40 bits per heavy atom. The van der Waals surface area contributed by atoms with Crippen LogP contribution in [0.25, 0.3) is 0 Å². The van der Waals surface area contributed by atoms with E-state index in [1.54, 1.807) is 12.1 Å². The molecule has 0 aliphatic carbocycles. The minimum Gasteiger partial charge on any atom is -0.393 e. The van der Waals surface area contributed by atoms with Crippen LogP contribution in [0.1, 0.15) is 15.2 Å². The molecule has 104 valence electrons. The Balaban J connectivity index is 2.13. The van der Waals surface area contributed by atoms with Crippen molar-refractivity contribution in [1.29, 1.82) is 0 Å². The molecule has 1 amide bonds. The monoisotopic (exact) mass is 311 g/mol. The predicted octanol–water partition coefficient (Wildman–Crippen LogP) is 2.82. The van der Waals surface area contributed by atoms with E-state index in [2.05, 4.69) is 5.32 Å². The second kappa shape index (κ2) is 5.89. The Morgan fingerprint density at radius 2 is 2.15 bits per heavy atom. The molecule has 20 heavy (non-hydrogen) atoms. The number of para-hydroxylation sites is 1. The normalized spacial score (nSPS) is 10.2. The van der Waals surface area contributed by atoms with Gasteiger partial charge in [-0.25, -0.2) is 0 Å². The highest BCUT2D eigenvalue weighted by Crippen LogP contribution is 2.25. The van der Waals surface area contributed by atoms with Gasteiger partial charge in [0.15, 0.2) is 0 Å². The van der Waals surface area contributed by atoms with Crippen LogP contribution >= 0.6 is 22.9 Å². The van der Waals surface area contributed by atoms with E-state index in [9.17, 15) is 14.9 Å². The van der Waals surface area contributed by atoms with Gasteiger partial charge in [-0.1, -0.05) is 17.7 Å². The van der Waals surface area contributed by atoms with Crippen LogP contribution in [0.3, 0.4) is 0 Å². The molecule has 0 radical (unpaired) electrons. The fraction of sp³-hybridized carbons (Fsp3) is 0.0833. The molecule has 0 aliphatic rings. The first-order valence-electron chi connectivity index (χ1n) is 5.54. The van der Waals surface area contributed by atoms with Crippen molar-refractivity contribution in [3.8, 4) is 0 Å². The summed E-state index contributed by atoms with van der Waals surface area (Å²) in [5, 5.41) is 13.4. The van der Waals surface area contributed by atoms with E-state index >= 15 is 0 Å². The van der Waals surface area contributed by atoms with Gasteiger partial charge in [0.05, 0.1) is 21.4 Å². The Hall–Kier alpha value is -2.12. The summed E-state index contributed by atoms with van der Waals surface area (Å²) in [6.07, 6.45) is 0. The summed E-state index contributed by atoms with van der Waals surface area (Å²) in [4.78, 5) is 23.0. The van der Waals surface area contributed by atoms with Gasteiger partial charge in [0.25, 0.3) is 11.6 Å². The van der Waals surface area contributed by atoms with E-state index in [0.717, 1.165) is 4.88 Å².